The van der Waals surface area contributed by atoms with E-state index >= 15 is 0 Å². The summed E-state index contributed by atoms with van der Waals surface area (Å²) in [6.07, 6.45) is 1.50. The summed E-state index contributed by atoms with van der Waals surface area (Å²) >= 11 is 6.25. The number of hydrogen-bond acceptors (Lipinski definition) is 7. The van der Waals surface area contributed by atoms with Crippen molar-refractivity contribution in [2.24, 2.45) is 0 Å². The minimum absolute atomic E-state index is 0.242. The lowest BCUT2D eigenvalue weighted by molar-refractivity contribution is 0.0527. The normalized spacial score (nSPS) is 10.5. The molecule has 0 spiro atoms. The molecule has 0 bridgehead atoms. The number of aromatic nitrogens is 1. The SMILES string of the molecule is CCOC(=O)c1cnc2c(N(C)C)cc(C#N)cc2c1NCc1ccc(OC)c(Cl)c1. The number of ether oxygens (including phenoxy) is 2. The first kappa shape index (κ1) is 22.2. The van der Waals surface area contributed by atoms with Crippen molar-refractivity contribution in [3.05, 3.63) is 58.2 Å². The van der Waals surface area contributed by atoms with Gasteiger partial charge in [-0.05, 0) is 36.8 Å². The van der Waals surface area contributed by atoms with E-state index in [2.05, 4.69) is 16.4 Å². The van der Waals surface area contributed by atoms with E-state index in [-0.39, 0.29) is 6.61 Å². The van der Waals surface area contributed by atoms with Crippen LogP contribution in [0.3, 0.4) is 0 Å². The second-order valence-corrected chi connectivity index (χ2v) is 7.39. The van der Waals surface area contributed by atoms with Gasteiger partial charge in [0, 0.05) is 32.2 Å². The molecule has 0 radical (unpaired) electrons. The smallest absolute Gasteiger partial charge is 0.341 e. The number of anilines is 2. The zero-order valence-electron chi connectivity index (χ0n) is 17.8. The maximum absolute atomic E-state index is 12.6. The fourth-order valence-corrected chi connectivity index (χ4v) is 3.53. The van der Waals surface area contributed by atoms with E-state index in [1.54, 1.807) is 38.3 Å². The first-order chi connectivity index (χ1) is 14.9. The number of nitriles is 1. The van der Waals surface area contributed by atoms with Crippen molar-refractivity contribution in [3.8, 4) is 11.8 Å². The first-order valence-corrected chi connectivity index (χ1v) is 10.0. The Morgan fingerprint density at radius 1 is 1.29 bits per heavy atom. The fourth-order valence-electron chi connectivity index (χ4n) is 3.25. The number of methoxy groups -OCH3 is 1. The third-order valence-electron chi connectivity index (χ3n) is 4.74. The lowest BCUT2D eigenvalue weighted by Gasteiger charge is -2.19. The highest BCUT2D eigenvalue weighted by atomic mass is 35.5. The Balaban J connectivity index is 2.14. The van der Waals surface area contributed by atoms with Gasteiger partial charge in [0.15, 0.2) is 0 Å². The van der Waals surface area contributed by atoms with E-state index in [1.165, 1.54) is 6.20 Å². The Morgan fingerprint density at radius 2 is 2.06 bits per heavy atom. The number of fused-ring (bicyclic) bond motifs is 1. The number of halogens is 1. The summed E-state index contributed by atoms with van der Waals surface area (Å²) in [5.74, 6) is 0.0993. The van der Waals surface area contributed by atoms with Crippen molar-refractivity contribution in [2.75, 3.05) is 38.0 Å². The van der Waals surface area contributed by atoms with E-state index in [9.17, 15) is 10.1 Å². The Hall–Kier alpha value is -3.50. The van der Waals surface area contributed by atoms with Crippen LogP contribution >= 0.6 is 11.6 Å². The maximum Gasteiger partial charge on any atom is 0.341 e. The highest BCUT2D eigenvalue weighted by Crippen LogP contribution is 2.34. The Kier molecular flexibility index (Phi) is 6.83. The summed E-state index contributed by atoms with van der Waals surface area (Å²) in [7, 11) is 5.32. The summed E-state index contributed by atoms with van der Waals surface area (Å²) < 4.78 is 10.4. The predicted octanol–water partition coefficient (Wildman–Crippen LogP) is 4.62. The molecule has 0 amide bonds. The van der Waals surface area contributed by atoms with Crippen molar-refractivity contribution in [3.63, 3.8) is 0 Å². The van der Waals surface area contributed by atoms with Crippen LogP contribution in [0.4, 0.5) is 11.4 Å². The lowest BCUT2D eigenvalue weighted by Crippen LogP contribution is -2.14. The van der Waals surface area contributed by atoms with Gasteiger partial charge in [0.25, 0.3) is 0 Å². The molecule has 160 valence electrons. The van der Waals surface area contributed by atoms with Gasteiger partial charge < -0.3 is 19.7 Å². The van der Waals surface area contributed by atoms with E-state index in [1.807, 2.05) is 25.1 Å². The first-order valence-electron chi connectivity index (χ1n) is 9.67. The summed E-state index contributed by atoms with van der Waals surface area (Å²) in [6.45, 7) is 2.38. The van der Waals surface area contributed by atoms with Crippen LogP contribution in [0.25, 0.3) is 10.9 Å². The van der Waals surface area contributed by atoms with Crippen LogP contribution in [-0.4, -0.2) is 38.8 Å². The number of rotatable bonds is 7. The highest BCUT2D eigenvalue weighted by Gasteiger charge is 2.19. The highest BCUT2D eigenvalue weighted by molar-refractivity contribution is 6.32. The van der Waals surface area contributed by atoms with Crippen molar-refractivity contribution in [1.82, 2.24) is 4.98 Å². The van der Waals surface area contributed by atoms with Crippen molar-refractivity contribution in [1.29, 1.82) is 5.26 Å². The number of esters is 1. The van der Waals surface area contributed by atoms with Gasteiger partial charge in [0.2, 0.25) is 0 Å². The monoisotopic (exact) mass is 438 g/mol. The Morgan fingerprint density at radius 3 is 2.68 bits per heavy atom. The third kappa shape index (κ3) is 4.65. The van der Waals surface area contributed by atoms with Crippen LogP contribution in [0, 0.1) is 11.3 Å². The van der Waals surface area contributed by atoms with E-state index < -0.39 is 5.97 Å². The number of benzene rings is 2. The number of nitrogens with zero attached hydrogens (tertiary/aromatic N) is 3. The van der Waals surface area contributed by atoms with Crippen molar-refractivity contribution >= 4 is 39.8 Å². The van der Waals surface area contributed by atoms with Gasteiger partial charge in [-0.25, -0.2) is 4.79 Å². The summed E-state index contributed by atoms with van der Waals surface area (Å²) in [5, 5.41) is 14.0. The molecular weight excluding hydrogens is 416 g/mol. The van der Waals surface area contributed by atoms with Crippen molar-refractivity contribution < 1.29 is 14.3 Å². The standard InChI is InChI=1S/C23H23ClN4O3/c1-5-31-23(29)17-13-27-22-16(8-15(11-25)10-19(22)28(2)3)21(17)26-12-14-6-7-20(30-4)18(24)9-14/h6-10,13H,5,12H2,1-4H3,(H,26,27). The molecule has 0 aliphatic carbocycles. The van der Waals surface area contributed by atoms with Gasteiger partial charge in [-0.1, -0.05) is 17.7 Å². The Labute approximate surface area is 186 Å². The predicted molar refractivity (Wildman–Crippen MR) is 122 cm³/mol. The van der Waals surface area contributed by atoms with E-state index in [4.69, 9.17) is 21.1 Å². The van der Waals surface area contributed by atoms with Crippen LogP contribution in [0.15, 0.2) is 36.5 Å². The third-order valence-corrected chi connectivity index (χ3v) is 5.04. The summed E-state index contributed by atoms with van der Waals surface area (Å²) in [6, 6.07) is 11.1. The minimum atomic E-state index is -0.485. The number of pyridine rings is 1. The zero-order chi connectivity index (χ0) is 22.5. The molecule has 0 fully saturated rings. The molecule has 1 N–H and O–H groups in total. The lowest BCUT2D eigenvalue weighted by atomic mass is 10.0. The van der Waals surface area contributed by atoms with Crippen LogP contribution in [0.5, 0.6) is 5.75 Å². The average Bonchev–Trinajstić information content (AvgIpc) is 2.76. The topological polar surface area (TPSA) is 87.5 Å². The number of nitrogens with one attached hydrogen (secondary N) is 1. The molecule has 0 aliphatic heterocycles. The van der Waals surface area contributed by atoms with Crippen molar-refractivity contribution in [2.45, 2.75) is 13.5 Å². The molecular formula is C23H23ClN4O3. The van der Waals surface area contributed by atoms with Gasteiger partial charge in [0.05, 0.1) is 47.3 Å². The molecule has 8 heteroatoms. The largest absolute Gasteiger partial charge is 0.495 e. The van der Waals surface area contributed by atoms with E-state index in [0.29, 0.717) is 45.0 Å². The van der Waals surface area contributed by atoms with Gasteiger partial charge in [-0.2, -0.15) is 5.26 Å². The summed E-state index contributed by atoms with van der Waals surface area (Å²) in [4.78, 5) is 19.0. The molecule has 2 aromatic carbocycles. The quantitative estimate of drug-likeness (QED) is 0.538. The number of hydrogen-bond donors (Lipinski definition) is 1. The molecule has 0 saturated heterocycles. The number of carbonyl (C=O) groups excluding carboxylic acids is 1. The zero-order valence-corrected chi connectivity index (χ0v) is 18.6. The molecule has 0 atom stereocenters. The molecule has 3 aromatic rings. The molecule has 0 unspecified atom stereocenters. The molecule has 31 heavy (non-hydrogen) atoms. The average molecular weight is 439 g/mol. The second kappa shape index (κ2) is 9.54. The van der Waals surface area contributed by atoms with Crippen LogP contribution < -0.4 is 15.0 Å². The molecule has 1 aromatic heterocycles. The van der Waals surface area contributed by atoms with Gasteiger partial charge in [0.1, 0.15) is 11.3 Å². The second-order valence-electron chi connectivity index (χ2n) is 6.99. The van der Waals surface area contributed by atoms with Gasteiger partial charge in [-0.15, -0.1) is 0 Å². The van der Waals surface area contributed by atoms with Crippen LogP contribution in [-0.2, 0) is 11.3 Å². The molecule has 0 aliphatic rings. The maximum atomic E-state index is 12.6. The molecule has 0 saturated carbocycles. The van der Waals surface area contributed by atoms with Gasteiger partial charge >= 0.3 is 5.97 Å². The molecule has 7 nitrogen and oxygen atoms in total. The van der Waals surface area contributed by atoms with Crippen LogP contribution in [0.2, 0.25) is 5.02 Å². The van der Waals surface area contributed by atoms with Crippen LogP contribution in [0.1, 0.15) is 28.4 Å². The Bertz CT molecular complexity index is 1170. The molecule has 1 heterocycles. The minimum Gasteiger partial charge on any atom is -0.495 e. The number of carbonyl (C=O) groups is 1. The van der Waals surface area contributed by atoms with Gasteiger partial charge in [-0.3, -0.25) is 4.98 Å². The summed E-state index contributed by atoms with van der Waals surface area (Å²) in [5.41, 5.74) is 3.67. The van der Waals surface area contributed by atoms with E-state index in [0.717, 1.165) is 11.3 Å². The molecule has 3 rings (SSSR count). The fraction of sp³-hybridized carbons (Fsp3) is 0.261.